The monoisotopic (exact) mass is 383 g/mol. The number of urea groups is 1. The van der Waals surface area contributed by atoms with Gasteiger partial charge in [-0.2, -0.15) is 0 Å². The minimum Gasteiger partial charge on any atom is -0.463 e. The zero-order chi connectivity index (χ0) is 19.3. The van der Waals surface area contributed by atoms with E-state index in [9.17, 15) is 24.5 Å². The van der Waals surface area contributed by atoms with Crippen LogP contribution in [0, 0.1) is 10.1 Å². The van der Waals surface area contributed by atoms with Crippen molar-refractivity contribution in [2.45, 2.75) is 6.92 Å². The molecule has 0 aliphatic carbocycles. The van der Waals surface area contributed by atoms with Gasteiger partial charge >= 0.3 is 18.0 Å². The molecule has 0 radical (unpaired) electrons. The lowest BCUT2D eigenvalue weighted by Gasteiger charge is -2.21. The number of hydrogen-bond acceptors (Lipinski definition) is 7. The molecule has 0 atom stereocenters. The maximum atomic E-state index is 12.2. The SMILES string of the molecule is CCOC(=O)C1=C(COC(=O)c2cc(Cl)ccc2[N+](=O)[O-])NC(=O)NC1. The smallest absolute Gasteiger partial charge is 0.345 e. The number of amides is 2. The van der Waals surface area contributed by atoms with Crippen LogP contribution in [-0.2, 0) is 14.3 Å². The van der Waals surface area contributed by atoms with Crippen LogP contribution in [0.5, 0.6) is 0 Å². The van der Waals surface area contributed by atoms with E-state index in [2.05, 4.69) is 10.6 Å². The maximum Gasteiger partial charge on any atom is 0.345 e. The molecule has 1 heterocycles. The molecule has 26 heavy (non-hydrogen) atoms. The molecular formula is C15H14ClN3O7. The normalized spacial score (nSPS) is 13.5. The molecule has 1 aromatic carbocycles. The number of hydrogen-bond donors (Lipinski definition) is 2. The number of nitro groups is 1. The Morgan fingerprint density at radius 2 is 2.04 bits per heavy atom. The minimum absolute atomic E-state index is 0.0326. The van der Waals surface area contributed by atoms with Gasteiger partial charge in [-0.3, -0.25) is 10.1 Å². The van der Waals surface area contributed by atoms with Gasteiger partial charge < -0.3 is 20.1 Å². The molecule has 10 nitrogen and oxygen atoms in total. The van der Waals surface area contributed by atoms with Gasteiger partial charge in [0.05, 0.1) is 29.3 Å². The van der Waals surface area contributed by atoms with E-state index < -0.39 is 35.2 Å². The number of nitrogens with zero attached hydrogens (tertiary/aromatic N) is 1. The van der Waals surface area contributed by atoms with E-state index >= 15 is 0 Å². The summed E-state index contributed by atoms with van der Waals surface area (Å²) in [6, 6.07) is 2.86. The Morgan fingerprint density at radius 1 is 1.31 bits per heavy atom. The first-order chi connectivity index (χ1) is 12.3. The molecule has 0 saturated carbocycles. The topological polar surface area (TPSA) is 137 Å². The Labute approximate surface area is 152 Å². The molecule has 11 heteroatoms. The zero-order valence-corrected chi connectivity index (χ0v) is 14.3. The maximum absolute atomic E-state index is 12.2. The van der Waals surface area contributed by atoms with Gasteiger partial charge in [0.15, 0.2) is 0 Å². The fourth-order valence-corrected chi connectivity index (χ4v) is 2.29. The lowest BCUT2D eigenvalue weighted by atomic mass is 10.1. The van der Waals surface area contributed by atoms with Gasteiger partial charge in [-0.25, -0.2) is 14.4 Å². The third-order valence-corrected chi connectivity index (χ3v) is 3.53. The number of nitrogens with one attached hydrogen (secondary N) is 2. The molecule has 0 aromatic heterocycles. The molecule has 0 saturated heterocycles. The number of carbonyl (C=O) groups excluding carboxylic acids is 3. The molecule has 1 aliphatic rings. The van der Waals surface area contributed by atoms with Crippen molar-refractivity contribution in [2.24, 2.45) is 0 Å². The summed E-state index contributed by atoms with van der Waals surface area (Å²) < 4.78 is 9.88. The first-order valence-electron chi connectivity index (χ1n) is 7.38. The zero-order valence-electron chi connectivity index (χ0n) is 13.5. The number of benzene rings is 1. The van der Waals surface area contributed by atoms with E-state index in [4.69, 9.17) is 21.1 Å². The molecule has 1 aliphatic heterocycles. The predicted octanol–water partition coefficient (Wildman–Crippen LogP) is 1.53. The number of rotatable bonds is 6. The molecule has 0 unspecified atom stereocenters. The third-order valence-electron chi connectivity index (χ3n) is 3.30. The highest BCUT2D eigenvalue weighted by atomic mass is 35.5. The van der Waals surface area contributed by atoms with Gasteiger partial charge in [0.25, 0.3) is 5.69 Å². The highest BCUT2D eigenvalue weighted by Crippen LogP contribution is 2.23. The van der Waals surface area contributed by atoms with Crippen molar-refractivity contribution in [3.63, 3.8) is 0 Å². The van der Waals surface area contributed by atoms with Gasteiger partial charge in [-0.15, -0.1) is 0 Å². The van der Waals surface area contributed by atoms with Crippen molar-refractivity contribution >= 4 is 35.3 Å². The van der Waals surface area contributed by atoms with Crippen LogP contribution in [0.3, 0.4) is 0 Å². The van der Waals surface area contributed by atoms with Crippen LogP contribution in [0.4, 0.5) is 10.5 Å². The summed E-state index contributed by atoms with van der Waals surface area (Å²) in [4.78, 5) is 45.8. The van der Waals surface area contributed by atoms with E-state index in [0.29, 0.717) is 0 Å². The number of nitro benzene ring substituents is 1. The van der Waals surface area contributed by atoms with E-state index in [1.54, 1.807) is 6.92 Å². The van der Waals surface area contributed by atoms with Crippen molar-refractivity contribution in [1.29, 1.82) is 0 Å². The van der Waals surface area contributed by atoms with E-state index in [0.717, 1.165) is 12.1 Å². The standard InChI is InChI=1S/C15H14ClN3O7/c1-2-25-14(21)10-6-17-15(22)18-11(10)7-26-13(20)9-5-8(16)3-4-12(9)19(23)24/h3-5H,2,6-7H2,1H3,(H2,17,18,22). The molecule has 2 rings (SSSR count). The fraction of sp³-hybridized carbons (Fsp3) is 0.267. The second-order valence-corrected chi connectivity index (χ2v) is 5.42. The molecular weight excluding hydrogens is 370 g/mol. The summed E-state index contributed by atoms with van der Waals surface area (Å²) in [5.41, 5.74) is -0.709. The summed E-state index contributed by atoms with van der Waals surface area (Å²) in [5.74, 6) is -1.71. The van der Waals surface area contributed by atoms with Crippen molar-refractivity contribution in [3.8, 4) is 0 Å². The van der Waals surface area contributed by atoms with Crippen molar-refractivity contribution in [3.05, 3.63) is 50.2 Å². The molecule has 2 N–H and O–H groups in total. The lowest BCUT2D eigenvalue weighted by Crippen LogP contribution is -2.45. The van der Waals surface area contributed by atoms with Gasteiger partial charge in [-0.1, -0.05) is 11.6 Å². The summed E-state index contributed by atoms with van der Waals surface area (Å²) in [7, 11) is 0. The largest absolute Gasteiger partial charge is 0.463 e. The second-order valence-electron chi connectivity index (χ2n) is 4.98. The average Bonchev–Trinajstić information content (AvgIpc) is 2.59. The van der Waals surface area contributed by atoms with Crippen LogP contribution < -0.4 is 10.6 Å². The van der Waals surface area contributed by atoms with Crippen molar-refractivity contribution in [1.82, 2.24) is 10.6 Å². The molecule has 0 bridgehead atoms. The van der Waals surface area contributed by atoms with Crippen LogP contribution in [0.15, 0.2) is 29.5 Å². The van der Waals surface area contributed by atoms with Crippen LogP contribution in [-0.4, -0.2) is 42.7 Å². The number of esters is 2. The van der Waals surface area contributed by atoms with E-state index in [1.807, 2.05) is 0 Å². The first kappa shape index (κ1) is 19.2. The molecule has 138 valence electrons. The Kier molecular flexibility index (Phi) is 6.12. The quantitative estimate of drug-likeness (QED) is 0.431. The van der Waals surface area contributed by atoms with Gasteiger partial charge in [0, 0.05) is 11.1 Å². The molecule has 1 aromatic rings. The van der Waals surface area contributed by atoms with Crippen molar-refractivity contribution in [2.75, 3.05) is 19.8 Å². The molecule has 2 amide bonds. The molecule has 0 spiro atoms. The third kappa shape index (κ3) is 4.48. The Bertz CT molecular complexity index is 806. The lowest BCUT2D eigenvalue weighted by molar-refractivity contribution is -0.385. The second kappa shape index (κ2) is 8.30. The van der Waals surface area contributed by atoms with Gasteiger partial charge in [-0.05, 0) is 19.1 Å². The van der Waals surface area contributed by atoms with Crippen LogP contribution >= 0.6 is 11.6 Å². The summed E-state index contributed by atoms with van der Waals surface area (Å²) in [6.45, 7) is 1.16. The highest BCUT2D eigenvalue weighted by molar-refractivity contribution is 6.31. The number of halogens is 1. The van der Waals surface area contributed by atoms with E-state index in [1.165, 1.54) is 6.07 Å². The van der Waals surface area contributed by atoms with Gasteiger partial charge in [0.2, 0.25) is 0 Å². The van der Waals surface area contributed by atoms with Crippen LogP contribution in [0.25, 0.3) is 0 Å². The van der Waals surface area contributed by atoms with Gasteiger partial charge in [0.1, 0.15) is 12.2 Å². The summed E-state index contributed by atoms with van der Waals surface area (Å²) in [6.07, 6.45) is 0. The minimum atomic E-state index is -1.03. The predicted molar refractivity (Wildman–Crippen MR) is 88.6 cm³/mol. The van der Waals surface area contributed by atoms with E-state index in [-0.39, 0.29) is 35.0 Å². The first-order valence-corrected chi connectivity index (χ1v) is 7.76. The van der Waals surface area contributed by atoms with Crippen LogP contribution in [0.2, 0.25) is 5.02 Å². The summed E-state index contributed by atoms with van der Waals surface area (Å²) in [5, 5.41) is 15.9. The Morgan fingerprint density at radius 3 is 2.69 bits per heavy atom. The average molecular weight is 384 g/mol. The summed E-state index contributed by atoms with van der Waals surface area (Å²) >= 11 is 5.77. The Hall–Kier alpha value is -3.14. The fourth-order valence-electron chi connectivity index (χ4n) is 2.12. The number of ether oxygens (including phenoxy) is 2. The molecule has 0 fully saturated rings. The number of carbonyl (C=O) groups is 3. The highest BCUT2D eigenvalue weighted by Gasteiger charge is 2.26. The van der Waals surface area contributed by atoms with Crippen molar-refractivity contribution < 1.29 is 28.8 Å². The Balaban J connectivity index is 2.21. The van der Waals surface area contributed by atoms with Crippen LogP contribution in [0.1, 0.15) is 17.3 Å².